The molecule has 1 fully saturated rings. The Hall–Kier alpha value is -4.19. The second-order valence-electron chi connectivity index (χ2n) is 8.52. The van der Waals surface area contributed by atoms with E-state index in [1.807, 2.05) is 61.7 Å². The number of ketones is 1. The molecule has 1 atom stereocenters. The molecule has 1 aromatic heterocycles. The molecule has 1 saturated heterocycles. The number of Topliss-reactive ketones (excluding diaryl/α,β-unsaturated/α-hetero) is 1. The Morgan fingerprint density at radius 1 is 1.00 bits per heavy atom. The van der Waals surface area contributed by atoms with Crippen molar-refractivity contribution in [2.24, 2.45) is 0 Å². The molecule has 0 spiro atoms. The van der Waals surface area contributed by atoms with Crippen molar-refractivity contribution in [1.82, 2.24) is 9.88 Å². The van der Waals surface area contributed by atoms with E-state index in [1.165, 1.54) is 29.2 Å². The summed E-state index contributed by atoms with van der Waals surface area (Å²) in [6, 6.07) is 19.9. The minimum Gasteiger partial charge on any atom is -0.507 e. The van der Waals surface area contributed by atoms with Gasteiger partial charge in [-0.3, -0.25) is 9.59 Å². The SMILES string of the molecule is Cc1ccc([C@@H]2C(=C(O)c3ccc(F)cc3)C(=O)C(=O)N2CCc2c[nH]c3ccccc23)cc1. The lowest BCUT2D eigenvalue weighted by molar-refractivity contribution is -0.139. The van der Waals surface area contributed by atoms with Gasteiger partial charge in [0.2, 0.25) is 0 Å². The van der Waals surface area contributed by atoms with E-state index in [4.69, 9.17) is 0 Å². The molecule has 170 valence electrons. The Labute approximate surface area is 196 Å². The quantitative estimate of drug-likeness (QED) is 0.245. The number of nitrogens with one attached hydrogen (secondary N) is 1. The number of fused-ring (bicyclic) bond motifs is 1. The maximum absolute atomic E-state index is 13.4. The van der Waals surface area contributed by atoms with E-state index in [0.29, 0.717) is 13.0 Å². The molecular formula is C28H23FN2O3. The van der Waals surface area contributed by atoms with E-state index in [0.717, 1.165) is 27.6 Å². The van der Waals surface area contributed by atoms with Crippen LogP contribution in [-0.4, -0.2) is 33.2 Å². The number of carbonyl (C=O) groups excluding carboxylic acids is 2. The standard InChI is InChI=1S/C28H23FN2O3/c1-17-6-8-18(9-7-17)25-24(26(32)19-10-12-21(29)13-11-19)27(33)28(34)31(25)15-14-20-16-30-23-5-3-2-4-22(20)23/h2-13,16,25,30,32H,14-15H2,1H3/t25-/m1/s1. The van der Waals surface area contributed by atoms with Crippen LogP contribution in [0.4, 0.5) is 4.39 Å². The zero-order chi connectivity index (χ0) is 23.8. The van der Waals surface area contributed by atoms with Crippen molar-refractivity contribution >= 4 is 28.4 Å². The summed E-state index contributed by atoms with van der Waals surface area (Å²) >= 11 is 0. The number of aliphatic hydroxyl groups is 1. The number of aliphatic hydroxyl groups excluding tert-OH is 1. The average molecular weight is 455 g/mol. The Bertz CT molecular complexity index is 1420. The average Bonchev–Trinajstić information content (AvgIpc) is 3.37. The van der Waals surface area contributed by atoms with Crippen molar-refractivity contribution in [2.75, 3.05) is 6.54 Å². The first kappa shape index (κ1) is 21.6. The fraction of sp³-hybridized carbons (Fsp3) is 0.143. The summed E-state index contributed by atoms with van der Waals surface area (Å²) in [5, 5.41) is 12.1. The van der Waals surface area contributed by atoms with Crippen LogP contribution in [0.3, 0.4) is 0 Å². The van der Waals surface area contributed by atoms with Gasteiger partial charge in [-0.15, -0.1) is 0 Å². The van der Waals surface area contributed by atoms with Crippen LogP contribution in [0.15, 0.2) is 84.6 Å². The highest BCUT2D eigenvalue weighted by Gasteiger charge is 2.45. The molecule has 0 radical (unpaired) electrons. The molecular weight excluding hydrogens is 431 g/mol. The topological polar surface area (TPSA) is 73.4 Å². The van der Waals surface area contributed by atoms with Crippen LogP contribution in [-0.2, 0) is 16.0 Å². The number of para-hydroxylation sites is 1. The second kappa shape index (κ2) is 8.63. The molecule has 0 saturated carbocycles. The van der Waals surface area contributed by atoms with Gasteiger partial charge in [-0.25, -0.2) is 4.39 Å². The molecule has 34 heavy (non-hydrogen) atoms. The van der Waals surface area contributed by atoms with Gasteiger partial charge in [0.15, 0.2) is 0 Å². The highest BCUT2D eigenvalue weighted by molar-refractivity contribution is 6.46. The van der Waals surface area contributed by atoms with Gasteiger partial charge < -0.3 is 15.0 Å². The molecule has 3 aromatic carbocycles. The van der Waals surface area contributed by atoms with E-state index in [-0.39, 0.29) is 16.9 Å². The van der Waals surface area contributed by atoms with Crippen molar-refractivity contribution < 1.29 is 19.1 Å². The summed E-state index contributed by atoms with van der Waals surface area (Å²) in [5.41, 5.74) is 4.11. The van der Waals surface area contributed by atoms with Gasteiger partial charge in [-0.2, -0.15) is 0 Å². The van der Waals surface area contributed by atoms with E-state index < -0.39 is 23.5 Å². The molecule has 1 aliphatic rings. The normalized spacial score (nSPS) is 17.6. The van der Waals surface area contributed by atoms with Crippen LogP contribution < -0.4 is 0 Å². The molecule has 4 aromatic rings. The first-order valence-electron chi connectivity index (χ1n) is 11.1. The number of rotatable bonds is 5. The summed E-state index contributed by atoms with van der Waals surface area (Å²) in [5.74, 6) is -2.16. The Balaban J connectivity index is 1.56. The van der Waals surface area contributed by atoms with Gasteiger partial charge >= 0.3 is 0 Å². The number of aryl methyl sites for hydroxylation is 1. The molecule has 1 aliphatic heterocycles. The van der Waals surface area contributed by atoms with Crippen LogP contribution in [0.5, 0.6) is 0 Å². The van der Waals surface area contributed by atoms with Gasteiger partial charge in [0.1, 0.15) is 11.6 Å². The van der Waals surface area contributed by atoms with Crippen molar-refractivity contribution in [3.05, 3.63) is 113 Å². The number of halogens is 1. The number of carbonyl (C=O) groups is 2. The minimum absolute atomic E-state index is 0.0133. The fourth-order valence-electron chi connectivity index (χ4n) is 4.55. The highest BCUT2D eigenvalue weighted by Crippen LogP contribution is 2.39. The zero-order valence-corrected chi connectivity index (χ0v) is 18.6. The summed E-state index contributed by atoms with van der Waals surface area (Å²) in [6.45, 7) is 2.25. The number of hydrogen-bond donors (Lipinski definition) is 2. The first-order chi connectivity index (χ1) is 16.4. The second-order valence-corrected chi connectivity index (χ2v) is 8.52. The van der Waals surface area contributed by atoms with Gasteiger partial charge in [-0.05, 0) is 54.8 Å². The van der Waals surface area contributed by atoms with Crippen LogP contribution >= 0.6 is 0 Å². The van der Waals surface area contributed by atoms with Gasteiger partial charge in [0.05, 0.1) is 11.6 Å². The maximum Gasteiger partial charge on any atom is 0.295 e. The lowest BCUT2D eigenvalue weighted by atomic mass is 9.94. The van der Waals surface area contributed by atoms with Crippen molar-refractivity contribution in [3.63, 3.8) is 0 Å². The maximum atomic E-state index is 13.4. The predicted octanol–water partition coefficient (Wildman–Crippen LogP) is 5.28. The van der Waals surface area contributed by atoms with Crippen molar-refractivity contribution in [2.45, 2.75) is 19.4 Å². The number of hydrogen-bond acceptors (Lipinski definition) is 3. The number of aromatic nitrogens is 1. The summed E-state index contributed by atoms with van der Waals surface area (Å²) in [4.78, 5) is 31.0. The first-order valence-corrected chi connectivity index (χ1v) is 11.1. The molecule has 0 bridgehead atoms. The van der Waals surface area contributed by atoms with Gasteiger partial charge in [0, 0.05) is 29.2 Å². The van der Waals surface area contributed by atoms with Crippen LogP contribution in [0, 0.1) is 12.7 Å². The Kier molecular flexibility index (Phi) is 5.49. The monoisotopic (exact) mass is 454 g/mol. The third-order valence-corrected chi connectivity index (χ3v) is 6.35. The molecule has 0 unspecified atom stereocenters. The molecule has 5 nitrogen and oxygen atoms in total. The van der Waals surface area contributed by atoms with Gasteiger partial charge in [-0.1, -0.05) is 48.0 Å². The summed E-state index contributed by atoms with van der Waals surface area (Å²) in [7, 11) is 0. The molecule has 5 rings (SSSR count). The van der Waals surface area contributed by atoms with Gasteiger partial charge in [0.25, 0.3) is 11.7 Å². The minimum atomic E-state index is -0.744. The third-order valence-electron chi connectivity index (χ3n) is 6.35. The summed E-state index contributed by atoms with van der Waals surface area (Å²) < 4.78 is 13.4. The smallest absolute Gasteiger partial charge is 0.295 e. The van der Waals surface area contributed by atoms with Crippen molar-refractivity contribution in [3.8, 4) is 0 Å². The van der Waals surface area contributed by atoms with Crippen LogP contribution in [0.2, 0.25) is 0 Å². The molecule has 2 heterocycles. The largest absolute Gasteiger partial charge is 0.507 e. The fourth-order valence-corrected chi connectivity index (χ4v) is 4.55. The van der Waals surface area contributed by atoms with E-state index >= 15 is 0 Å². The highest BCUT2D eigenvalue weighted by atomic mass is 19.1. The summed E-state index contributed by atoms with van der Waals surface area (Å²) in [6.07, 6.45) is 2.46. The number of amides is 1. The number of aromatic amines is 1. The molecule has 0 aliphatic carbocycles. The number of nitrogens with zero attached hydrogens (tertiary/aromatic N) is 1. The van der Waals surface area contributed by atoms with E-state index in [1.54, 1.807) is 0 Å². The lowest BCUT2D eigenvalue weighted by Crippen LogP contribution is -2.31. The number of likely N-dealkylation sites (tertiary alicyclic amines) is 1. The number of benzene rings is 3. The van der Waals surface area contributed by atoms with Crippen LogP contribution in [0.25, 0.3) is 16.7 Å². The van der Waals surface area contributed by atoms with E-state index in [9.17, 15) is 19.1 Å². The van der Waals surface area contributed by atoms with Crippen LogP contribution in [0.1, 0.15) is 28.3 Å². The predicted molar refractivity (Wildman–Crippen MR) is 129 cm³/mol. The molecule has 6 heteroatoms. The molecule has 2 N–H and O–H groups in total. The molecule has 1 amide bonds. The Morgan fingerprint density at radius 3 is 2.44 bits per heavy atom. The third kappa shape index (κ3) is 3.77. The van der Waals surface area contributed by atoms with E-state index in [2.05, 4.69) is 4.98 Å². The Morgan fingerprint density at radius 2 is 1.71 bits per heavy atom. The van der Waals surface area contributed by atoms with Crippen molar-refractivity contribution in [1.29, 1.82) is 0 Å². The lowest BCUT2D eigenvalue weighted by Gasteiger charge is -2.25. The zero-order valence-electron chi connectivity index (χ0n) is 18.6. The number of H-pyrrole nitrogens is 1.